The highest BCUT2D eigenvalue weighted by atomic mass is 19.1. The van der Waals surface area contributed by atoms with E-state index in [-0.39, 0.29) is 24.0 Å². The van der Waals surface area contributed by atoms with Crippen molar-refractivity contribution in [2.24, 2.45) is 5.92 Å². The highest BCUT2D eigenvalue weighted by Gasteiger charge is 2.36. The maximum absolute atomic E-state index is 12.6. The Bertz CT molecular complexity index is 700. The van der Waals surface area contributed by atoms with Crippen molar-refractivity contribution in [2.45, 2.75) is 25.2 Å². The van der Waals surface area contributed by atoms with Crippen LogP contribution in [-0.2, 0) is 4.74 Å². The second kappa shape index (κ2) is 5.41. The maximum atomic E-state index is 12.6. The van der Waals surface area contributed by atoms with Crippen LogP contribution >= 0.6 is 0 Å². The summed E-state index contributed by atoms with van der Waals surface area (Å²) in [6.07, 6.45) is 1.42. The second-order valence-corrected chi connectivity index (χ2v) is 5.06. The van der Waals surface area contributed by atoms with E-state index in [0.717, 1.165) is 0 Å². The summed E-state index contributed by atoms with van der Waals surface area (Å²) in [5.74, 6) is -0.0898. The third-order valence-electron chi connectivity index (χ3n) is 3.78. The molecule has 0 spiro atoms. The third kappa shape index (κ3) is 2.38. The van der Waals surface area contributed by atoms with Gasteiger partial charge in [0.05, 0.1) is 25.7 Å². The molecule has 21 heavy (non-hydrogen) atoms. The Morgan fingerprint density at radius 3 is 3.14 bits per heavy atom. The van der Waals surface area contributed by atoms with Crippen molar-refractivity contribution in [3.8, 4) is 0 Å². The fourth-order valence-corrected chi connectivity index (χ4v) is 2.75. The first-order valence-electron chi connectivity index (χ1n) is 6.68. The van der Waals surface area contributed by atoms with Gasteiger partial charge in [0, 0.05) is 0 Å². The van der Waals surface area contributed by atoms with E-state index in [1.165, 1.54) is 6.33 Å². The number of ether oxygens (including phenoxy) is 1. The third-order valence-corrected chi connectivity index (χ3v) is 3.78. The molecular weight excluding hydrogens is 281 g/mol. The lowest BCUT2D eigenvalue weighted by molar-refractivity contribution is -0.0301. The SMILES string of the molecule is Nc1nc2c(ncn2C2CC(CCF)C(CO)O2)c(=O)[nH]1. The number of nitrogens with zero attached hydrogens (tertiary/aromatic N) is 3. The van der Waals surface area contributed by atoms with E-state index in [0.29, 0.717) is 18.5 Å². The molecule has 1 fully saturated rings. The Labute approximate surface area is 118 Å². The van der Waals surface area contributed by atoms with Gasteiger partial charge in [0.2, 0.25) is 5.95 Å². The molecule has 1 saturated heterocycles. The number of aromatic nitrogens is 4. The Kier molecular flexibility index (Phi) is 3.60. The lowest BCUT2D eigenvalue weighted by Gasteiger charge is -2.14. The van der Waals surface area contributed by atoms with Crippen LogP contribution in [0.5, 0.6) is 0 Å². The fraction of sp³-hybridized carbons (Fsp3) is 0.583. The summed E-state index contributed by atoms with van der Waals surface area (Å²) in [5, 5.41) is 9.32. The van der Waals surface area contributed by atoms with Crippen molar-refractivity contribution in [1.29, 1.82) is 0 Å². The molecule has 114 valence electrons. The summed E-state index contributed by atoms with van der Waals surface area (Å²) in [6, 6.07) is 0. The van der Waals surface area contributed by atoms with Gasteiger partial charge in [-0.1, -0.05) is 0 Å². The summed E-state index contributed by atoms with van der Waals surface area (Å²) < 4.78 is 19.9. The number of H-pyrrole nitrogens is 1. The minimum atomic E-state index is -0.465. The first-order valence-corrected chi connectivity index (χ1v) is 6.68. The van der Waals surface area contributed by atoms with Crippen molar-refractivity contribution in [1.82, 2.24) is 19.5 Å². The van der Waals surface area contributed by atoms with E-state index in [2.05, 4.69) is 15.0 Å². The number of aliphatic hydroxyl groups excluding tert-OH is 1. The molecule has 0 radical (unpaired) electrons. The quantitative estimate of drug-likeness (QED) is 0.728. The Morgan fingerprint density at radius 2 is 2.43 bits per heavy atom. The van der Waals surface area contributed by atoms with Gasteiger partial charge < -0.3 is 15.6 Å². The van der Waals surface area contributed by atoms with Crippen molar-refractivity contribution in [3.05, 3.63) is 16.7 Å². The predicted octanol–water partition coefficient (Wildman–Crippen LogP) is -0.0426. The lowest BCUT2D eigenvalue weighted by Crippen LogP contribution is -2.21. The number of fused-ring (bicyclic) bond motifs is 1. The van der Waals surface area contributed by atoms with E-state index < -0.39 is 24.6 Å². The van der Waals surface area contributed by atoms with Crippen LogP contribution in [0.2, 0.25) is 0 Å². The summed E-state index contributed by atoms with van der Waals surface area (Å²) in [6.45, 7) is -0.642. The highest BCUT2D eigenvalue weighted by Crippen LogP contribution is 2.36. The number of alkyl halides is 1. The number of halogens is 1. The number of aromatic amines is 1. The second-order valence-electron chi connectivity index (χ2n) is 5.06. The molecule has 0 aliphatic carbocycles. The molecule has 8 nitrogen and oxygen atoms in total. The van der Waals surface area contributed by atoms with Crippen LogP contribution < -0.4 is 11.3 Å². The Hall–Kier alpha value is -2.00. The van der Waals surface area contributed by atoms with Gasteiger partial charge in [-0.15, -0.1) is 0 Å². The van der Waals surface area contributed by atoms with Crippen LogP contribution in [0.4, 0.5) is 10.3 Å². The van der Waals surface area contributed by atoms with Gasteiger partial charge in [-0.05, 0) is 18.8 Å². The normalized spacial score (nSPS) is 25.7. The van der Waals surface area contributed by atoms with Crippen LogP contribution in [0.1, 0.15) is 19.1 Å². The molecule has 2 aromatic rings. The van der Waals surface area contributed by atoms with Gasteiger partial charge in [-0.25, -0.2) is 4.98 Å². The average molecular weight is 297 g/mol. The number of nitrogens with one attached hydrogen (secondary N) is 1. The number of anilines is 1. The molecule has 1 aliphatic heterocycles. The molecule has 4 N–H and O–H groups in total. The molecule has 3 unspecified atom stereocenters. The summed E-state index contributed by atoms with van der Waals surface area (Å²) in [5.41, 5.74) is 5.61. The van der Waals surface area contributed by atoms with E-state index in [1.807, 2.05) is 0 Å². The van der Waals surface area contributed by atoms with Gasteiger partial charge in [0.15, 0.2) is 11.2 Å². The lowest BCUT2D eigenvalue weighted by atomic mass is 9.98. The highest BCUT2D eigenvalue weighted by molar-refractivity contribution is 5.70. The Balaban J connectivity index is 1.96. The zero-order valence-electron chi connectivity index (χ0n) is 11.2. The molecule has 3 heterocycles. The minimum Gasteiger partial charge on any atom is -0.394 e. The maximum Gasteiger partial charge on any atom is 0.280 e. The van der Waals surface area contributed by atoms with Crippen LogP contribution in [0, 0.1) is 5.92 Å². The molecule has 0 aromatic carbocycles. The smallest absolute Gasteiger partial charge is 0.280 e. The van der Waals surface area contributed by atoms with Gasteiger partial charge >= 0.3 is 0 Å². The van der Waals surface area contributed by atoms with Crippen molar-refractivity contribution in [3.63, 3.8) is 0 Å². The summed E-state index contributed by atoms with van der Waals surface area (Å²) in [7, 11) is 0. The fourth-order valence-electron chi connectivity index (χ4n) is 2.75. The van der Waals surface area contributed by atoms with E-state index in [1.54, 1.807) is 4.57 Å². The number of rotatable bonds is 4. The van der Waals surface area contributed by atoms with Crippen LogP contribution in [0.3, 0.4) is 0 Å². The van der Waals surface area contributed by atoms with Gasteiger partial charge in [-0.3, -0.25) is 18.7 Å². The summed E-state index contributed by atoms with van der Waals surface area (Å²) >= 11 is 0. The molecule has 2 aromatic heterocycles. The average Bonchev–Trinajstić information content (AvgIpc) is 3.02. The van der Waals surface area contributed by atoms with Crippen molar-refractivity contribution >= 4 is 17.1 Å². The van der Waals surface area contributed by atoms with Gasteiger partial charge in [0.25, 0.3) is 5.56 Å². The van der Waals surface area contributed by atoms with Gasteiger partial charge in [-0.2, -0.15) is 4.98 Å². The van der Waals surface area contributed by atoms with E-state index in [9.17, 15) is 14.3 Å². The van der Waals surface area contributed by atoms with Crippen LogP contribution in [0.15, 0.2) is 11.1 Å². The van der Waals surface area contributed by atoms with E-state index in [4.69, 9.17) is 10.5 Å². The first-order chi connectivity index (χ1) is 10.1. The zero-order valence-corrected chi connectivity index (χ0v) is 11.2. The number of imidazole rings is 1. The Morgan fingerprint density at radius 1 is 1.62 bits per heavy atom. The molecule has 3 atom stereocenters. The molecule has 3 rings (SSSR count). The number of nitrogens with two attached hydrogens (primary N) is 1. The predicted molar refractivity (Wildman–Crippen MR) is 72.3 cm³/mol. The van der Waals surface area contributed by atoms with Gasteiger partial charge in [0.1, 0.15) is 6.23 Å². The molecule has 0 saturated carbocycles. The molecule has 1 aliphatic rings. The van der Waals surface area contributed by atoms with E-state index >= 15 is 0 Å². The zero-order chi connectivity index (χ0) is 15.0. The first kappa shape index (κ1) is 14.0. The monoisotopic (exact) mass is 297 g/mol. The summed E-state index contributed by atoms with van der Waals surface area (Å²) in [4.78, 5) is 22.2. The number of hydrogen-bond acceptors (Lipinski definition) is 6. The topological polar surface area (TPSA) is 119 Å². The standard InChI is InChI=1S/C12H16FN5O3/c13-2-1-6-3-8(21-7(6)4-19)18-5-15-9-10(18)16-12(14)17-11(9)20/h5-8,19H,1-4H2,(H3,14,16,17,20). The van der Waals surface area contributed by atoms with Crippen molar-refractivity contribution in [2.75, 3.05) is 19.0 Å². The largest absolute Gasteiger partial charge is 0.394 e. The number of hydrogen-bond donors (Lipinski definition) is 3. The van der Waals surface area contributed by atoms with Crippen LogP contribution in [0.25, 0.3) is 11.2 Å². The van der Waals surface area contributed by atoms with Crippen molar-refractivity contribution < 1.29 is 14.2 Å². The van der Waals surface area contributed by atoms with Crippen LogP contribution in [-0.4, -0.2) is 44.0 Å². The number of nitrogen functional groups attached to an aromatic ring is 1. The molecule has 9 heteroatoms. The molecule has 0 amide bonds. The number of aliphatic hydroxyl groups is 1. The minimum absolute atomic E-state index is 0.00809. The molecular formula is C12H16FN5O3. The molecule has 0 bridgehead atoms.